The zero-order chi connectivity index (χ0) is 16.0. The summed E-state index contributed by atoms with van der Waals surface area (Å²) in [5.41, 5.74) is 0.396. The third-order valence-corrected chi connectivity index (χ3v) is 3.09. The van der Waals surface area contributed by atoms with Crippen LogP contribution in [0.5, 0.6) is 0 Å². The molecule has 0 spiro atoms. The molecule has 6 nitrogen and oxygen atoms in total. The van der Waals surface area contributed by atoms with Crippen molar-refractivity contribution in [3.05, 3.63) is 23.2 Å². The average Bonchev–Trinajstić information content (AvgIpc) is 2.82. The Morgan fingerprint density at radius 2 is 1.95 bits per heavy atom. The van der Waals surface area contributed by atoms with Crippen molar-refractivity contribution in [2.24, 2.45) is 5.92 Å². The summed E-state index contributed by atoms with van der Waals surface area (Å²) < 4.78 is 14.9. The second kappa shape index (κ2) is 7.83. The van der Waals surface area contributed by atoms with Gasteiger partial charge in [0.1, 0.15) is 23.1 Å². The predicted octanol–water partition coefficient (Wildman–Crippen LogP) is 2.05. The van der Waals surface area contributed by atoms with Gasteiger partial charge in [-0.3, -0.25) is 10.1 Å². The van der Waals surface area contributed by atoms with E-state index in [1.807, 2.05) is 13.8 Å². The topological polar surface area (TPSA) is 77.8 Å². The van der Waals surface area contributed by atoms with Crippen LogP contribution in [0.15, 0.2) is 10.5 Å². The molecule has 1 rings (SSSR count). The zero-order valence-corrected chi connectivity index (χ0v) is 13.2. The fraction of sp³-hybridized carbons (Fsp3) is 0.600. The molecule has 0 aliphatic rings. The quantitative estimate of drug-likeness (QED) is 0.776. The molecule has 0 radical (unpaired) electrons. The molecule has 0 saturated heterocycles. The molecule has 1 atom stereocenters. The Labute approximate surface area is 124 Å². The second-order valence-corrected chi connectivity index (χ2v) is 5.26. The fourth-order valence-electron chi connectivity index (χ4n) is 2.04. The first-order valence-corrected chi connectivity index (χ1v) is 6.87. The molecule has 1 heterocycles. The van der Waals surface area contributed by atoms with Crippen molar-refractivity contribution in [2.75, 3.05) is 14.2 Å². The van der Waals surface area contributed by atoms with E-state index in [1.165, 1.54) is 14.2 Å². The van der Waals surface area contributed by atoms with Gasteiger partial charge in [0.25, 0.3) is 0 Å². The number of carbonyl (C=O) groups excluding carboxylic acids is 2. The lowest BCUT2D eigenvalue weighted by Crippen LogP contribution is -2.38. The van der Waals surface area contributed by atoms with Crippen LogP contribution >= 0.6 is 0 Å². The molecule has 0 amide bonds. The smallest absolute Gasteiger partial charge is 0.341 e. The molecular formula is C15H23NO5. The molecule has 21 heavy (non-hydrogen) atoms. The maximum atomic E-state index is 11.7. The second-order valence-electron chi connectivity index (χ2n) is 5.26. The normalized spacial score (nSPS) is 12.3. The third kappa shape index (κ3) is 4.90. The number of methoxy groups -OCH3 is 2. The molecule has 0 aliphatic carbocycles. The van der Waals surface area contributed by atoms with E-state index < -0.39 is 12.0 Å². The van der Waals surface area contributed by atoms with E-state index >= 15 is 0 Å². The van der Waals surface area contributed by atoms with Crippen LogP contribution < -0.4 is 5.32 Å². The van der Waals surface area contributed by atoms with Crippen molar-refractivity contribution in [2.45, 2.75) is 39.8 Å². The molecule has 0 aromatic carbocycles. The minimum Gasteiger partial charge on any atom is -0.468 e. The van der Waals surface area contributed by atoms with Crippen molar-refractivity contribution in [1.29, 1.82) is 0 Å². The Morgan fingerprint density at radius 1 is 1.29 bits per heavy atom. The number of hydrogen-bond acceptors (Lipinski definition) is 6. The molecule has 0 aliphatic heterocycles. The van der Waals surface area contributed by atoms with Gasteiger partial charge in [-0.15, -0.1) is 0 Å². The van der Waals surface area contributed by atoms with Gasteiger partial charge in [-0.25, -0.2) is 4.79 Å². The van der Waals surface area contributed by atoms with Gasteiger partial charge in [-0.05, 0) is 25.3 Å². The highest BCUT2D eigenvalue weighted by Gasteiger charge is 2.21. The highest BCUT2D eigenvalue weighted by atomic mass is 16.5. The van der Waals surface area contributed by atoms with Crippen molar-refractivity contribution in [1.82, 2.24) is 5.32 Å². The maximum Gasteiger partial charge on any atom is 0.341 e. The summed E-state index contributed by atoms with van der Waals surface area (Å²) in [6, 6.07) is 1.22. The molecule has 0 bridgehead atoms. The highest BCUT2D eigenvalue weighted by Crippen LogP contribution is 2.16. The van der Waals surface area contributed by atoms with Gasteiger partial charge in [-0.2, -0.15) is 0 Å². The van der Waals surface area contributed by atoms with Crippen molar-refractivity contribution >= 4 is 11.9 Å². The summed E-state index contributed by atoms with van der Waals surface area (Å²) in [6.45, 7) is 6.10. The van der Waals surface area contributed by atoms with Gasteiger partial charge in [0.2, 0.25) is 0 Å². The van der Waals surface area contributed by atoms with Crippen LogP contribution in [0, 0.1) is 12.8 Å². The first kappa shape index (κ1) is 17.2. The van der Waals surface area contributed by atoms with Gasteiger partial charge in [0.05, 0.1) is 20.8 Å². The van der Waals surface area contributed by atoms with Gasteiger partial charge >= 0.3 is 11.9 Å². The first-order valence-electron chi connectivity index (χ1n) is 6.87. The first-order chi connectivity index (χ1) is 9.88. The Balaban J connectivity index is 2.71. The summed E-state index contributed by atoms with van der Waals surface area (Å²) in [6.07, 6.45) is 0.663. The summed E-state index contributed by atoms with van der Waals surface area (Å²) in [5, 5.41) is 3.10. The lowest BCUT2D eigenvalue weighted by atomic mass is 10.0. The molecule has 118 valence electrons. The predicted molar refractivity (Wildman–Crippen MR) is 76.9 cm³/mol. The van der Waals surface area contributed by atoms with Crippen LogP contribution in [0.3, 0.4) is 0 Å². The van der Waals surface area contributed by atoms with Crippen LogP contribution in [-0.2, 0) is 20.8 Å². The van der Waals surface area contributed by atoms with Gasteiger partial charge in [0.15, 0.2) is 0 Å². The van der Waals surface area contributed by atoms with E-state index in [4.69, 9.17) is 9.15 Å². The molecule has 1 aromatic heterocycles. The summed E-state index contributed by atoms with van der Waals surface area (Å²) in [4.78, 5) is 23.2. The van der Waals surface area contributed by atoms with Crippen molar-refractivity contribution in [3.63, 3.8) is 0 Å². The number of nitrogens with one attached hydrogen (secondary N) is 1. The number of aryl methyl sites for hydroxylation is 1. The van der Waals surface area contributed by atoms with Crippen LogP contribution in [0.2, 0.25) is 0 Å². The molecule has 1 unspecified atom stereocenters. The number of ether oxygens (including phenoxy) is 2. The lowest BCUT2D eigenvalue weighted by Gasteiger charge is -2.17. The standard InChI is InChI=1S/C15H23NO5/c1-9(2)6-13(15(18)20-5)16-8-11-7-12(10(3)21-11)14(17)19-4/h7,9,13,16H,6,8H2,1-5H3. The molecule has 1 N–H and O–H groups in total. The van der Waals surface area contributed by atoms with E-state index in [9.17, 15) is 9.59 Å². The van der Waals surface area contributed by atoms with Crippen LogP contribution in [-0.4, -0.2) is 32.2 Å². The fourth-order valence-corrected chi connectivity index (χ4v) is 2.04. The highest BCUT2D eigenvalue weighted by molar-refractivity contribution is 5.90. The minimum absolute atomic E-state index is 0.305. The van der Waals surface area contributed by atoms with Crippen molar-refractivity contribution in [3.8, 4) is 0 Å². The molecule has 0 fully saturated rings. The Kier molecular flexibility index (Phi) is 6.42. The van der Waals surface area contributed by atoms with E-state index in [2.05, 4.69) is 10.1 Å². The molecule has 1 aromatic rings. The molecule has 6 heteroatoms. The third-order valence-electron chi connectivity index (χ3n) is 3.09. The summed E-state index contributed by atoms with van der Waals surface area (Å²) >= 11 is 0. The monoisotopic (exact) mass is 297 g/mol. The van der Waals surface area contributed by atoms with Crippen LogP contribution in [0.1, 0.15) is 42.1 Å². The van der Waals surface area contributed by atoms with E-state index in [-0.39, 0.29) is 5.97 Å². The Hall–Kier alpha value is -1.82. The number of rotatable bonds is 7. The van der Waals surface area contributed by atoms with Crippen LogP contribution in [0.4, 0.5) is 0 Å². The summed E-state index contributed by atoms with van der Waals surface area (Å²) in [7, 11) is 2.69. The number of furan rings is 1. The zero-order valence-electron chi connectivity index (χ0n) is 13.2. The number of carbonyl (C=O) groups is 2. The van der Waals surface area contributed by atoms with Gasteiger partial charge in [0, 0.05) is 0 Å². The Morgan fingerprint density at radius 3 is 2.48 bits per heavy atom. The largest absolute Gasteiger partial charge is 0.468 e. The van der Waals surface area contributed by atoms with Gasteiger partial charge < -0.3 is 13.9 Å². The Bertz CT molecular complexity index is 492. The van der Waals surface area contributed by atoms with E-state index in [0.29, 0.717) is 36.0 Å². The molecular weight excluding hydrogens is 274 g/mol. The van der Waals surface area contributed by atoms with Gasteiger partial charge in [-0.1, -0.05) is 13.8 Å². The van der Waals surface area contributed by atoms with E-state index in [1.54, 1.807) is 13.0 Å². The maximum absolute atomic E-state index is 11.7. The number of hydrogen-bond donors (Lipinski definition) is 1. The average molecular weight is 297 g/mol. The lowest BCUT2D eigenvalue weighted by molar-refractivity contribution is -0.143. The number of esters is 2. The minimum atomic E-state index is -0.436. The van der Waals surface area contributed by atoms with E-state index in [0.717, 1.165) is 0 Å². The SMILES string of the molecule is COC(=O)c1cc(CNC(CC(C)C)C(=O)OC)oc1C. The van der Waals surface area contributed by atoms with Crippen LogP contribution in [0.25, 0.3) is 0 Å². The van der Waals surface area contributed by atoms with Crippen molar-refractivity contribution < 1.29 is 23.5 Å². The molecule has 0 saturated carbocycles. The summed E-state index contributed by atoms with van der Waals surface area (Å²) in [5.74, 6) is 0.683.